The number of nitrogens with two attached hydrogens (primary N) is 1. The van der Waals surface area contributed by atoms with Gasteiger partial charge in [-0.2, -0.15) is 11.8 Å². The smallest absolute Gasteiger partial charge is 0.326 e. The zero-order valence-corrected chi connectivity index (χ0v) is 38.4. The highest BCUT2D eigenvalue weighted by Gasteiger charge is 2.35. The average Bonchev–Trinajstić information content (AvgIpc) is 3.69. The van der Waals surface area contributed by atoms with Crippen LogP contribution >= 0.6 is 11.8 Å². The van der Waals surface area contributed by atoms with E-state index in [4.69, 9.17) is 5.73 Å². The molecular formula is C44H59N9O14S. The van der Waals surface area contributed by atoms with Crippen LogP contribution in [0.2, 0.25) is 0 Å². The zero-order valence-electron chi connectivity index (χ0n) is 37.6. The lowest BCUT2D eigenvalue weighted by atomic mass is 10.0. The van der Waals surface area contributed by atoms with Crippen molar-refractivity contribution in [3.05, 3.63) is 71.9 Å². The van der Waals surface area contributed by atoms with Crippen LogP contribution in [0.15, 0.2) is 60.8 Å². The third-order valence-corrected chi connectivity index (χ3v) is 10.9. The summed E-state index contributed by atoms with van der Waals surface area (Å²) < 4.78 is 0. The van der Waals surface area contributed by atoms with Crippen molar-refractivity contribution >= 4 is 81.9 Å². The van der Waals surface area contributed by atoms with Gasteiger partial charge in [0, 0.05) is 23.5 Å². The number of H-pyrrole nitrogens is 1. The second kappa shape index (κ2) is 27.6. The van der Waals surface area contributed by atoms with Gasteiger partial charge in [0.05, 0.1) is 32.0 Å². The second-order valence-electron chi connectivity index (χ2n) is 16.1. The van der Waals surface area contributed by atoms with Crippen LogP contribution in [-0.2, 0) is 60.8 Å². The van der Waals surface area contributed by atoms with Gasteiger partial charge in [0.25, 0.3) is 0 Å². The number of aromatic nitrogens is 1. The van der Waals surface area contributed by atoms with Gasteiger partial charge < -0.3 is 68.4 Å². The summed E-state index contributed by atoms with van der Waals surface area (Å²) in [6, 6.07) is 4.83. The lowest BCUT2D eigenvalue weighted by Gasteiger charge is -2.27. The van der Waals surface area contributed by atoms with Gasteiger partial charge in [-0.25, -0.2) is 4.79 Å². The van der Waals surface area contributed by atoms with Crippen molar-refractivity contribution in [3.8, 4) is 0 Å². The van der Waals surface area contributed by atoms with Crippen LogP contribution in [0.1, 0.15) is 50.7 Å². The average molecular weight is 970 g/mol. The maximum absolute atomic E-state index is 13.9. The summed E-state index contributed by atoms with van der Waals surface area (Å²) in [5, 5.41) is 55.9. The first-order chi connectivity index (χ1) is 32.2. The number of aliphatic hydroxyl groups excluding tert-OH is 1. The first kappa shape index (κ1) is 55.3. The molecule has 0 aliphatic heterocycles. The number of thioether (sulfide) groups is 1. The molecule has 2 aromatic carbocycles. The number of para-hydroxylation sites is 1. The van der Waals surface area contributed by atoms with E-state index in [1.165, 1.54) is 11.8 Å². The molecule has 3 rings (SSSR count). The standard InChI is InChI=1S/C44H59N9O14S/c1-23(2)15-33(44(66)67)53-40(62)30(17-25-20-46-28-12-8-7-11-26(25)28)50-42(64)32(19-37(58)59)51-39(61)29(13-14-68-3)49-41(63)31(18-36(56)57)52-43(65)34(22-54)48-35(55)21-47-38(60)27(45)16-24-9-5-4-6-10-24/h4-12,20,23,27,29-34,46,54H,13-19,21-22,45H2,1-3H3,(H,47,60)(H,48,55)(H,49,63)(H,50,64)(H,51,61)(H,52,65)(H,53,62)(H,56,57)(H,58,59)(H,66,67)/t27-,29-,30-,31-,32-,33-,34-/m0/s1. The van der Waals surface area contributed by atoms with E-state index in [-0.39, 0.29) is 37.4 Å². The van der Waals surface area contributed by atoms with E-state index in [0.29, 0.717) is 16.5 Å². The quantitative estimate of drug-likeness (QED) is 0.0362. The van der Waals surface area contributed by atoms with Crippen molar-refractivity contribution in [1.82, 2.24) is 42.2 Å². The highest BCUT2D eigenvalue weighted by atomic mass is 32.2. The first-order valence-electron chi connectivity index (χ1n) is 21.4. The fourth-order valence-electron chi connectivity index (χ4n) is 6.76. The minimum absolute atomic E-state index is 0.0400. The Balaban J connectivity index is 1.77. The molecule has 1 aromatic heterocycles. The summed E-state index contributed by atoms with van der Waals surface area (Å²) in [7, 11) is 0. The Kier molecular flexibility index (Phi) is 22.4. The molecular weight excluding hydrogens is 911 g/mol. The minimum atomic E-state index is -1.92. The molecule has 68 heavy (non-hydrogen) atoms. The fraction of sp³-hybridized carbons (Fsp3) is 0.455. The van der Waals surface area contributed by atoms with E-state index in [1.807, 2.05) is 0 Å². The van der Waals surface area contributed by atoms with Crippen molar-refractivity contribution < 1.29 is 68.4 Å². The first-order valence-corrected chi connectivity index (χ1v) is 22.8. The molecule has 0 saturated carbocycles. The van der Waals surface area contributed by atoms with Gasteiger partial charge in [-0.3, -0.25) is 43.2 Å². The third-order valence-electron chi connectivity index (χ3n) is 10.2. The van der Waals surface area contributed by atoms with Gasteiger partial charge in [0.2, 0.25) is 41.4 Å². The van der Waals surface area contributed by atoms with Crippen molar-refractivity contribution in [2.24, 2.45) is 11.7 Å². The minimum Gasteiger partial charge on any atom is -0.481 e. The van der Waals surface area contributed by atoms with E-state index >= 15 is 0 Å². The molecule has 23 nitrogen and oxygen atoms in total. The van der Waals surface area contributed by atoms with Gasteiger partial charge in [-0.05, 0) is 54.4 Å². The number of carboxylic acids is 3. The zero-order chi connectivity index (χ0) is 50.5. The van der Waals surface area contributed by atoms with Gasteiger partial charge >= 0.3 is 17.9 Å². The van der Waals surface area contributed by atoms with E-state index in [2.05, 4.69) is 42.2 Å². The van der Waals surface area contributed by atoms with Gasteiger partial charge in [0.1, 0.15) is 36.3 Å². The summed E-state index contributed by atoms with van der Waals surface area (Å²) in [6.07, 6.45) is 0.999. The van der Waals surface area contributed by atoms with Crippen LogP contribution in [0.4, 0.5) is 0 Å². The predicted octanol–water partition coefficient (Wildman–Crippen LogP) is -1.87. The number of carbonyl (C=O) groups is 10. The summed E-state index contributed by atoms with van der Waals surface area (Å²) in [6.45, 7) is 1.79. The Labute approximate surface area is 394 Å². The maximum Gasteiger partial charge on any atom is 0.326 e. The fourth-order valence-corrected chi connectivity index (χ4v) is 7.23. The van der Waals surface area contributed by atoms with Crippen molar-refractivity contribution in [1.29, 1.82) is 0 Å². The van der Waals surface area contributed by atoms with Crippen LogP contribution in [0, 0.1) is 5.92 Å². The molecule has 3 aromatic rings. The second-order valence-corrected chi connectivity index (χ2v) is 17.1. The van der Waals surface area contributed by atoms with E-state index < -0.39 is 128 Å². The summed E-state index contributed by atoms with van der Waals surface area (Å²) in [4.78, 5) is 132. The van der Waals surface area contributed by atoms with Crippen molar-refractivity contribution in [2.75, 3.05) is 25.2 Å². The number of carboxylic acid groups (broad SMARTS) is 3. The molecule has 7 amide bonds. The number of aliphatic hydroxyl groups is 1. The van der Waals surface area contributed by atoms with Crippen LogP contribution in [0.5, 0.6) is 0 Å². The molecule has 0 radical (unpaired) electrons. The molecule has 0 aliphatic rings. The number of amides is 7. The van der Waals surface area contributed by atoms with Crippen LogP contribution in [-0.4, -0.2) is 152 Å². The Bertz CT molecular complexity index is 2260. The van der Waals surface area contributed by atoms with E-state index in [0.717, 1.165) is 5.56 Å². The van der Waals surface area contributed by atoms with Gasteiger partial charge in [-0.15, -0.1) is 0 Å². The number of nitrogens with one attached hydrogen (secondary N) is 8. The number of fused-ring (bicyclic) bond motifs is 1. The monoisotopic (exact) mass is 969 g/mol. The number of aliphatic carboxylic acids is 3. The molecule has 7 atom stereocenters. The lowest BCUT2D eigenvalue weighted by Crippen LogP contribution is -2.60. The molecule has 0 unspecified atom stereocenters. The molecule has 14 N–H and O–H groups in total. The number of benzene rings is 2. The Morgan fingerprint density at radius 2 is 1.15 bits per heavy atom. The van der Waals surface area contributed by atoms with Crippen molar-refractivity contribution in [3.63, 3.8) is 0 Å². The molecule has 1 heterocycles. The number of aromatic amines is 1. The Morgan fingerprint density at radius 1 is 0.632 bits per heavy atom. The molecule has 0 spiro atoms. The largest absolute Gasteiger partial charge is 0.481 e. The number of hydrogen-bond acceptors (Lipinski definition) is 13. The lowest BCUT2D eigenvalue weighted by molar-refractivity contribution is -0.143. The number of hydrogen-bond donors (Lipinski definition) is 13. The highest BCUT2D eigenvalue weighted by molar-refractivity contribution is 7.98. The van der Waals surface area contributed by atoms with Crippen molar-refractivity contribution in [2.45, 2.75) is 94.7 Å². The normalized spacial score (nSPS) is 14.1. The van der Waals surface area contributed by atoms with Crippen LogP contribution < -0.4 is 43.0 Å². The van der Waals surface area contributed by atoms with Gasteiger partial charge in [-0.1, -0.05) is 62.4 Å². The molecule has 0 saturated heterocycles. The summed E-state index contributed by atoms with van der Waals surface area (Å²) in [5.41, 5.74) is 7.92. The predicted molar refractivity (Wildman–Crippen MR) is 246 cm³/mol. The van der Waals surface area contributed by atoms with E-state index in [9.17, 15) is 68.4 Å². The molecule has 0 fully saturated rings. The Hall–Kier alpha value is -7.05. The third kappa shape index (κ3) is 18.3. The maximum atomic E-state index is 13.9. The molecule has 24 heteroatoms. The molecule has 0 bridgehead atoms. The topological polar surface area (TPSA) is 378 Å². The SMILES string of the molecule is CSCC[C@H](NC(=O)[C@H](CC(=O)O)NC(=O)[C@H](CO)NC(=O)CNC(=O)[C@@H](N)Cc1ccccc1)C(=O)N[C@@H](CC(=O)O)C(=O)N[C@@H](Cc1c[nH]c2ccccc12)C(=O)N[C@@H](CC(C)C)C(=O)O. The number of rotatable bonds is 29. The van der Waals surface area contributed by atoms with Crippen LogP contribution in [0.25, 0.3) is 10.9 Å². The van der Waals surface area contributed by atoms with Gasteiger partial charge in [0.15, 0.2) is 0 Å². The Morgan fingerprint density at radius 3 is 1.71 bits per heavy atom. The molecule has 370 valence electrons. The summed E-state index contributed by atoms with van der Waals surface area (Å²) in [5.74, 6) is -11.7. The number of carbonyl (C=O) groups excluding carboxylic acids is 7. The molecule has 0 aliphatic carbocycles. The van der Waals surface area contributed by atoms with Crippen LogP contribution in [0.3, 0.4) is 0 Å². The van der Waals surface area contributed by atoms with E-state index in [1.54, 1.807) is 80.9 Å². The highest BCUT2D eigenvalue weighted by Crippen LogP contribution is 2.20. The summed E-state index contributed by atoms with van der Waals surface area (Å²) >= 11 is 1.23.